The molecule has 142 valence electrons. The molecule has 3 N–H and O–H groups in total. The fourth-order valence-electron chi connectivity index (χ4n) is 2.60. The van der Waals surface area contributed by atoms with Gasteiger partial charge in [-0.3, -0.25) is 9.59 Å². The normalized spacial score (nSPS) is 11.6. The first-order chi connectivity index (χ1) is 13.4. The van der Waals surface area contributed by atoms with Crippen molar-refractivity contribution in [3.63, 3.8) is 0 Å². The van der Waals surface area contributed by atoms with Crippen LogP contribution in [-0.4, -0.2) is 33.0 Å². The second-order valence-electron chi connectivity index (χ2n) is 6.04. The molecule has 1 amide bonds. The highest BCUT2D eigenvalue weighted by Gasteiger charge is 2.23. The minimum absolute atomic E-state index is 0.0934. The molecule has 0 radical (unpaired) electrons. The summed E-state index contributed by atoms with van der Waals surface area (Å²) in [5.74, 6) is -1.73. The summed E-state index contributed by atoms with van der Waals surface area (Å²) in [6.07, 6.45) is 1.22. The summed E-state index contributed by atoms with van der Waals surface area (Å²) in [5, 5.41) is 12.3. The maximum atomic E-state index is 12.4. The molecule has 0 saturated heterocycles. The topological polar surface area (TPSA) is 112 Å². The first-order valence-electron chi connectivity index (χ1n) is 8.37. The van der Waals surface area contributed by atoms with Gasteiger partial charge in [-0.25, -0.2) is 9.78 Å². The number of amides is 1. The molecule has 3 rings (SSSR count). The van der Waals surface area contributed by atoms with Crippen LogP contribution >= 0.6 is 11.6 Å². The highest BCUT2D eigenvalue weighted by atomic mass is 35.5. The van der Waals surface area contributed by atoms with Crippen LogP contribution in [0.25, 0.3) is 11.4 Å². The second-order valence-corrected chi connectivity index (χ2v) is 6.47. The van der Waals surface area contributed by atoms with Crippen molar-refractivity contribution < 1.29 is 14.7 Å². The summed E-state index contributed by atoms with van der Waals surface area (Å²) in [5.41, 5.74) is 0.444. The highest BCUT2D eigenvalue weighted by Crippen LogP contribution is 2.16. The number of hydrogen-bond acceptors (Lipinski definition) is 4. The van der Waals surface area contributed by atoms with Crippen molar-refractivity contribution in [3.05, 3.63) is 87.3 Å². The molecule has 28 heavy (non-hydrogen) atoms. The number of rotatable bonds is 6. The van der Waals surface area contributed by atoms with E-state index in [-0.39, 0.29) is 17.8 Å². The van der Waals surface area contributed by atoms with Crippen LogP contribution in [0.5, 0.6) is 0 Å². The van der Waals surface area contributed by atoms with Crippen LogP contribution < -0.4 is 10.9 Å². The van der Waals surface area contributed by atoms with Gasteiger partial charge in [0, 0.05) is 23.2 Å². The Morgan fingerprint density at radius 2 is 1.79 bits per heavy atom. The minimum atomic E-state index is -1.20. The fraction of sp³-hybridized carbons (Fsp3) is 0.100. The summed E-state index contributed by atoms with van der Waals surface area (Å²) < 4.78 is 0. The molecule has 0 aliphatic rings. The number of carbonyl (C=O) groups is 2. The maximum absolute atomic E-state index is 12.4. The number of nitrogens with one attached hydrogen (secondary N) is 2. The number of benzene rings is 2. The largest absolute Gasteiger partial charge is 0.480 e. The van der Waals surface area contributed by atoms with Gasteiger partial charge in [0.1, 0.15) is 17.4 Å². The molecule has 1 atom stereocenters. The molecular weight excluding hydrogens is 382 g/mol. The molecule has 0 saturated carbocycles. The zero-order valence-electron chi connectivity index (χ0n) is 14.6. The van der Waals surface area contributed by atoms with Crippen LogP contribution in [0, 0.1) is 0 Å². The number of aromatic nitrogens is 2. The van der Waals surface area contributed by atoms with Gasteiger partial charge in [-0.05, 0) is 29.8 Å². The molecule has 7 nitrogen and oxygen atoms in total. The van der Waals surface area contributed by atoms with Gasteiger partial charge in [-0.15, -0.1) is 0 Å². The van der Waals surface area contributed by atoms with E-state index in [0.717, 1.165) is 11.8 Å². The van der Waals surface area contributed by atoms with Crippen molar-refractivity contribution in [1.82, 2.24) is 15.3 Å². The van der Waals surface area contributed by atoms with Crippen molar-refractivity contribution in [1.29, 1.82) is 0 Å². The summed E-state index contributed by atoms with van der Waals surface area (Å²) in [4.78, 5) is 42.8. The lowest BCUT2D eigenvalue weighted by Gasteiger charge is -2.14. The Morgan fingerprint density at radius 1 is 1.11 bits per heavy atom. The average molecular weight is 398 g/mol. The van der Waals surface area contributed by atoms with Gasteiger partial charge in [-0.2, -0.15) is 0 Å². The fourth-order valence-corrected chi connectivity index (χ4v) is 2.72. The molecule has 0 fully saturated rings. The van der Waals surface area contributed by atoms with Crippen molar-refractivity contribution >= 4 is 23.5 Å². The smallest absolute Gasteiger partial charge is 0.326 e. The zero-order valence-corrected chi connectivity index (χ0v) is 15.3. The number of halogens is 1. The predicted octanol–water partition coefficient (Wildman–Crippen LogP) is 2.52. The molecule has 0 bridgehead atoms. The van der Waals surface area contributed by atoms with Crippen LogP contribution in [0.3, 0.4) is 0 Å². The third-order valence-corrected chi connectivity index (χ3v) is 4.30. The van der Waals surface area contributed by atoms with Crippen molar-refractivity contribution in [2.75, 3.05) is 0 Å². The molecule has 1 heterocycles. The Morgan fingerprint density at radius 3 is 2.39 bits per heavy atom. The molecular formula is C20H16ClN3O4. The standard InChI is InChI=1S/C20H16ClN3O4/c21-14-8-6-13(7-9-14)17-22-11-15(19(26)24-17)18(25)23-16(20(27)28)10-12-4-2-1-3-5-12/h1-9,11,16H,10H2,(H,23,25)(H,27,28)(H,22,24,26). The Bertz CT molecular complexity index is 1050. The van der Waals surface area contributed by atoms with E-state index in [1.54, 1.807) is 48.5 Å². The Balaban J connectivity index is 1.78. The van der Waals surface area contributed by atoms with E-state index in [9.17, 15) is 19.5 Å². The number of hydrogen-bond donors (Lipinski definition) is 3. The Labute approximate surface area is 165 Å². The number of nitrogens with zero attached hydrogens (tertiary/aromatic N) is 1. The summed E-state index contributed by atoms with van der Waals surface area (Å²) in [6.45, 7) is 0. The monoisotopic (exact) mass is 397 g/mol. The van der Waals surface area contributed by atoms with E-state index in [1.807, 2.05) is 6.07 Å². The van der Waals surface area contributed by atoms with Crippen LogP contribution in [0.15, 0.2) is 65.6 Å². The van der Waals surface area contributed by atoms with Gasteiger partial charge in [0.15, 0.2) is 0 Å². The van der Waals surface area contributed by atoms with E-state index in [2.05, 4.69) is 15.3 Å². The molecule has 1 unspecified atom stereocenters. The van der Waals surface area contributed by atoms with E-state index in [1.165, 1.54) is 0 Å². The van der Waals surface area contributed by atoms with Crippen LogP contribution in [0.2, 0.25) is 5.02 Å². The van der Waals surface area contributed by atoms with E-state index < -0.39 is 23.5 Å². The van der Waals surface area contributed by atoms with Gasteiger partial charge in [0.25, 0.3) is 11.5 Å². The van der Waals surface area contributed by atoms with Crippen LogP contribution in [-0.2, 0) is 11.2 Å². The Hall–Kier alpha value is -3.45. The van der Waals surface area contributed by atoms with Crippen molar-refractivity contribution in [2.45, 2.75) is 12.5 Å². The summed E-state index contributed by atoms with van der Waals surface area (Å²) >= 11 is 5.84. The molecule has 0 aliphatic heterocycles. The molecule has 2 aromatic carbocycles. The van der Waals surface area contributed by atoms with Gasteiger partial charge < -0.3 is 15.4 Å². The third-order valence-electron chi connectivity index (χ3n) is 4.05. The number of carboxylic acids is 1. The van der Waals surface area contributed by atoms with E-state index >= 15 is 0 Å². The SMILES string of the molecule is O=C(NC(Cc1ccccc1)C(=O)O)c1cnc(-c2ccc(Cl)cc2)[nH]c1=O. The Kier molecular flexibility index (Phi) is 5.86. The molecule has 3 aromatic rings. The number of aromatic amines is 1. The lowest BCUT2D eigenvalue weighted by molar-refractivity contribution is -0.139. The lowest BCUT2D eigenvalue weighted by atomic mass is 10.1. The number of aliphatic carboxylic acids is 1. The molecule has 8 heteroatoms. The van der Waals surface area contributed by atoms with Crippen molar-refractivity contribution in [3.8, 4) is 11.4 Å². The molecule has 0 aliphatic carbocycles. The zero-order chi connectivity index (χ0) is 20.1. The summed E-state index contributed by atoms with van der Waals surface area (Å²) in [7, 11) is 0. The highest BCUT2D eigenvalue weighted by molar-refractivity contribution is 6.30. The first-order valence-corrected chi connectivity index (χ1v) is 8.74. The van der Waals surface area contributed by atoms with Gasteiger partial charge >= 0.3 is 5.97 Å². The van der Waals surface area contributed by atoms with Crippen LogP contribution in [0.4, 0.5) is 0 Å². The predicted molar refractivity (Wildman–Crippen MR) is 104 cm³/mol. The summed E-state index contributed by atoms with van der Waals surface area (Å²) in [6, 6.07) is 14.4. The van der Waals surface area contributed by atoms with Crippen molar-refractivity contribution in [2.24, 2.45) is 0 Å². The average Bonchev–Trinajstić information content (AvgIpc) is 2.68. The number of carboxylic acid groups (broad SMARTS) is 1. The number of H-pyrrole nitrogens is 1. The quantitative estimate of drug-likeness (QED) is 0.591. The lowest BCUT2D eigenvalue weighted by Crippen LogP contribution is -2.44. The van der Waals surface area contributed by atoms with Gasteiger partial charge in [0.2, 0.25) is 0 Å². The number of carbonyl (C=O) groups excluding carboxylic acids is 1. The third kappa shape index (κ3) is 4.63. The second kappa shape index (κ2) is 8.49. The minimum Gasteiger partial charge on any atom is -0.480 e. The van der Waals surface area contributed by atoms with Gasteiger partial charge in [0.05, 0.1) is 0 Å². The van der Waals surface area contributed by atoms with E-state index in [4.69, 9.17) is 11.6 Å². The van der Waals surface area contributed by atoms with Gasteiger partial charge in [-0.1, -0.05) is 41.9 Å². The molecule has 1 aromatic heterocycles. The van der Waals surface area contributed by atoms with E-state index in [0.29, 0.717) is 10.6 Å². The van der Waals surface area contributed by atoms with Crippen LogP contribution in [0.1, 0.15) is 15.9 Å². The maximum Gasteiger partial charge on any atom is 0.326 e. The molecule has 0 spiro atoms. The first kappa shape index (κ1) is 19.3.